The number of carboxylic acid groups (broad SMARTS) is 1. The van der Waals surface area contributed by atoms with Gasteiger partial charge in [-0.1, -0.05) is 38.5 Å². The topological polar surface area (TPSA) is 253 Å². The smallest absolute Gasteiger partial charge is 0.326 e. The van der Waals surface area contributed by atoms with Crippen LogP contribution in [-0.2, 0) is 35.2 Å². The van der Waals surface area contributed by atoms with E-state index >= 15 is 0 Å². The number of carbonyl (C=O) groups excluding carboxylic acids is 5. The van der Waals surface area contributed by atoms with Crippen molar-refractivity contribution in [1.29, 1.82) is 0 Å². The molecule has 11 N–H and O–H groups in total. The van der Waals surface area contributed by atoms with Crippen LogP contribution in [0.25, 0.3) is 10.9 Å². The minimum absolute atomic E-state index is 0.0281. The Balaban J connectivity index is 2.34. The fraction of sp³-hybridized carbons (Fsp3) is 0.462. The molecule has 0 aliphatic heterocycles. The zero-order valence-corrected chi connectivity index (χ0v) is 22.4. The van der Waals surface area contributed by atoms with E-state index in [0.717, 1.165) is 10.9 Å². The molecule has 1 aromatic carbocycles. The third-order valence-corrected chi connectivity index (χ3v) is 6.58. The number of carbonyl (C=O) groups is 6. The van der Waals surface area contributed by atoms with Crippen LogP contribution in [0.15, 0.2) is 30.5 Å². The van der Waals surface area contributed by atoms with E-state index in [9.17, 15) is 33.9 Å². The molecule has 0 bridgehead atoms. The first-order valence-corrected chi connectivity index (χ1v) is 12.8. The van der Waals surface area contributed by atoms with Crippen molar-refractivity contribution < 1.29 is 33.9 Å². The molecule has 14 nitrogen and oxygen atoms in total. The first kappa shape index (κ1) is 31.8. The van der Waals surface area contributed by atoms with E-state index in [2.05, 4.69) is 20.9 Å². The number of H-pyrrole nitrogens is 1. The van der Waals surface area contributed by atoms with Gasteiger partial charge in [-0.05, 0) is 24.0 Å². The van der Waals surface area contributed by atoms with Gasteiger partial charge in [0.1, 0.15) is 18.1 Å². The van der Waals surface area contributed by atoms with Gasteiger partial charge in [-0.3, -0.25) is 24.0 Å². The highest BCUT2D eigenvalue weighted by Gasteiger charge is 2.32. The highest BCUT2D eigenvalue weighted by Crippen LogP contribution is 2.19. The van der Waals surface area contributed by atoms with E-state index in [1.54, 1.807) is 26.1 Å². The largest absolute Gasteiger partial charge is 0.480 e. The average molecular weight is 560 g/mol. The van der Waals surface area contributed by atoms with Crippen LogP contribution in [0.3, 0.4) is 0 Å². The Hall–Kier alpha value is -4.46. The second-order valence-electron chi connectivity index (χ2n) is 9.68. The highest BCUT2D eigenvalue weighted by molar-refractivity contribution is 5.96. The Bertz CT molecular complexity index is 1240. The molecule has 2 aromatic rings. The molecule has 0 spiro atoms. The summed E-state index contributed by atoms with van der Waals surface area (Å²) in [6.45, 7) is 3.41. The summed E-state index contributed by atoms with van der Waals surface area (Å²) in [6, 6.07) is 2.11. The number of amides is 5. The molecule has 0 aliphatic rings. The number of aliphatic carboxylic acids is 1. The first-order chi connectivity index (χ1) is 18.8. The second kappa shape index (κ2) is 14.6. The number of aromatic nitrogens is 1. The summed E-state index contributed by atoms with van der Waals surface area (Å²) in [5.74, 6) is -5.66. The number of aromatic amines is 1. The van der Waals surface area contributed by atoms with E-state index in [1.165, 1.54) is 0 Å². The van der Waals surface area contributed by atoms with Gasteiger partial charge >= 0.3 is 5.97 Å². The number of benzene rings is 1. The minimum atomic E-state index is -1.34. The van der Waals surface area contributed by atoms with Gasteiger partial charge < -0.3 is 43.2 Å². The van der Waals surface area contributed by atoms with Gasteiger partial charge in [-0.25, -0.2) is 4.79 Å². The molecule has 1 aromatic heterocycles. The standard InChI is InChI=1S/C26H37N7O7/c1-3-13(2)22(26(39)40)33-24(37)18(8-9-20(28)34)31-25(38)19(32-23(36)16(27)11-21(29)35)10-14-12-30-17-7-5-4-6-15(14)17/h4-7,12-13,16,18-19,22,30H,3,8-11,27H2,1-2H3,(H2,28,34)(H2,29,35)(H,31,38)(H,32,36)(H,33,37)(H,39,40). The van der Waals surface area contributed by atoms with Gasteiger partial charge in [0.2, 0.25) is 29.5 Å². The Kier molecular flexibility index (Phi) is 11.6. The highest BCUT2D eigenvalue weighted by atomic mass is 16.4. The van der Waals surface area contributed by atoms with E-state index in [0.29, 0.717) is 12.0 Å². The Morgan fingerprint density at radius 2 is 1.55 bits per heavy atom. The van der Waals surface area contributed by atoms with Crippen LogP contribution in [0, 0.1) is 5.92 Å². The number of para-hydroxylation sites is 1. The SMILES string of the molecule is CCC(C)C(NC(=O)C(CCC(N)=O)NC(=O)C(Cc1c[nH]c2ccccc12)NC(=O)C(N)CC(N)=O)C(=O)O. The maximum atomic E-state index is 13.5. The molecule has 0 saturated carbocycles. The molecular formula is C26H37N7O7. The van der Waals surface area contributed by atoms with E-state index < -0.39 is 72.0 Å². The molecule has 0 radical (unpaired) electrons. The number of hydrogen-bond donors (Lipinski definition) is 8. The Morgan fingerprint density at radius 1 is 0.925 bits per heavy atom. The molecule has 218 valence electrons. The molecule has 40 heavy (non-hydrogen) atoms. The van der Waals surface area contributed by atoms with Gasteiger partial charge in [0.25, 0.3) is 0 Å². The summed E-state index contributed by atoms with van der Waals surface area (Å²) in [7, 11) is 0. The van der Waals surface area contributed by atoms with Crippen molar-refractivity contribution >= 4 is 46.4 Å². The lowest BCUT2D eigenvalue weighted by atomic mass is 9.98. The summed E-state index contributed by atoms with van der Waals surface area (Å²) in [6.07, 6.45) is 1.15. The predicted molar refractivity (Wildman–Crippen MR) is 145 cm³/mol. The Labute approximate surface area is 230 Å². The van der Waals surface area contributed by atoms with Crippen LogP contribution >= 0.6 is 0 Å². The van der Waals surface area contributed by atoms with Crippen LogP contribution in [0.4, 0.5) is 0 Å². The van der Waals surface area contributed by atoms with Crippen molar-refractivity contribution in [2.75, 3.05) is 0 Å². The first-order valence-electron chi connectivity index (χ1n) is 12.8. The average Bonchev–Trinajstić information content (AvgIpc) is 3.30. The van der Waals surface area contributed by atoms with E-state index in [-0.39, 0.29) is 19.3 Å². The molecular weight excluding hydrogens is 522 g/mol. The fourth-order valence-electron chi connectivity index (χ4n) is 4.08. The molecule has 0 fully saturated rings. The van der Waals surface area contributed by atoms with Crippen LogP contribution in [-0.4, -0.2) is 69.8 Å². The van der Waals surface area contributed by atoms with Crippen molar-refractivity contribution in [2.45, 2.75) is 70.1 Å². The number of primary amides is 2. The van der Waals surface area contributed by atoms with Crippen molar-refractivity contribution in [3.8, 4) is 0 Å². The third-order valence-electron chi connectivity index (χ3n) is 6.58. The van der Waals surface area contributed by atoms with Gasteiger partial charge in [0.05, 0.1) is 12.5 Å². The van der Waals surface area contributed by atoms with Crippen LogP contribution in [0.1, 0.15) is 45.1 Å². The molecule has 0 saturated heterocycles. The number of nitrogens with one attached hydrogen (secondary N) is 4. The van der Waals surface area contributed by atoms with E-state index in [1.807, 2.05) is 18.2 Å². The molecule has 5 unspecified atom stereocenters. The van der Waals surface area contributed by atoms with Gasteiger partial charge in [-0.15, -0.1) is 0 Å². The monoisotopic (exact) mass is 559 g/mol. The van der Waals surface area contributed by atoms with Crippen molar-refractivity contribution in [3.05, 3.63) is 36.0 Å². The maximum absolute atomic E-state index is 13.5. The van der Waals surface area contributed by atoms with Crippen LogP contribution in [0.5, 0.6) is 0 Å². The lowest BCUT2D eigenvalue weighted by Crippen LogP contribution is -2.58. The Morgan fingerprint density at radius 3 is 2.15 bits per heavy atom. The molecule has 1 heterocycles. The quantitative estimate of drug-likeness (QED) is 0.123. The lowest BCUT2D eigenvalue weighted by Gasteiger charge is -2.26. The summed E-state index contributed by atoms with van der Waals surface area (Å²) < 4.78 is 0. The van der Waals surface area contributed by atoms with Crippen molar-refractivity contribution in [2.24, 2.45) is 23.1 Å². The van der Waals surface area contributed by atoms with Gasteiger partial charge in [0.15, 0.2) is 0 Å². The van der Waals surface area contributed by atoms with Gasteiger partial charge in [0, 0.05) is 29.9 Å². The summed E-state index contributed by atoms with van der Waals surface area (Å²) in [5, 5.41) is 17.8. The maximum Gasteiger partial charge on any atom is 0.326 e. The number of rotatable bonds is 16. The lowest BCUT2D eigenvalue weighted by molar-refractivity contribution is -0.144. The van der Waals surface area contributed by atoms with E-state index in [4.69, 9.17) is 17.2 Å². The van der Waals surface area contributed by atoms with Crippen molar-refractivity contribution in [1.82, 2.24) is 20.9 Å². The minimum Gasteiger partial charge on any atom is -0.480 e. The molecule has 14 heteroatoms. The fourth-order valence-corrected chi connectivity index (χ4v) is 4.08. The molecule has 5 amide bonds. The van der Waals surface area contributed by atoms with Crippen molar-refractivity contribution in [3.63, 3.8) is 0 Å². The molecule has 5 atom stereocenters. The molecule has 0 aliphatic carbocycles. The normalized spacial score (nSPS) is 14.8. The number of nitrogens with two attached hydrogens (primary N) is 3. The second-order valence-corrected chi connectivity index (χ2v) is 9.68. The van der Waals surface area contributed by atoms with Crippen LogP contribution in [0.2, 0.25) is 0 Å². The number of fused-ring (bicyclic) bond motifs is 1. The zero-order valence-electron chi connectivity index (χ0n) is 22.4. The third kappa shape index (κ3) is 9.08. The number of carboxylic acids is 1. The van der Waals surface area contributed by atoms with Gasteiger partial charge in [-0.2, -0.15) is 0 Å². The van der Waals surface area contributed by atoms with Crippen LogP contribution < -0.4 is 33.2 Å². The summed E-state index contributed by atoms with van der Waals surface area (Å²) in [5.41, 5.74) is 17.6. The summed E-state index contributed by atoms with van der Waals surface area (Å²) >= 11 is 0. The summed E-state index contributed by atoms with van der Waals surface area (Å²) in [4.78, 5) is 76.8. The number of hydrogen-bond acceptors (Lipinski definition) is 7. The molecule has 2 rings (SSSR count). The zero-order chi connectivity index (χ0) is 30.0. The predicted octanol–water partition coefficient (Wildman–Crippen LogP) is -1.24.